The van der Waals surface area contributed by atoms with Crippen LogP contribution >= 0.6 is 0 Å². The summed E-state index contributed by atoms with van der Waals surface area (Å²) in [7, 11) is 0. The van der Waals surface area contributed by atoms with Gasteiger partial charge in [0, 0.05) is 12.8 Å². The molecule has 0 amide bonds. The molecular formula is C40H78O5. The molecule has 0 aliphatic rings. The van der Waals surface area contributed by atoms with Crippen LogP contribution in [0.5, 0.6) is 0 Å². The monoisotopic (exact) mass is 639 g/mol. The second-order valence-electron chi connectivity index (χ2n) is 14.7. The average molecular weight is 639 g/mol. The normalized spacial score (nSPS) is 12.2. The standard InChI is InChI=1S/C40H78O5/c1-36(2)30-26-22-18-14-10-8-6-5-7-9-11-16-20-24-28-32-39(42)44-34-38(41)35-45-40(43)33-29-25-21-17-13-12-15-19-23-27-31-37(3)4/h36-38,41H,5-35H2,1-4H3/t38-/m0/s1. The lowest BCUT2D eigenvalue weighted by atomic mass is 10.0. The van der Waals surface area contributed by atoms with Crippen LogP contribution in [0, 0.1) is 11.8 Å². The predicted molar refractivity (Wildman–Crippen MR) is 191 cm³/mol. The third-order valence-corrected chi connectivity index (χ3v) is 8.95. The Kier molecular flexibility index (Phi) is 33.4. The van der Waals surface area contributed by atoms with Crippen molar-refractivity contribution in [2.75, 3.05) is 13.2 Å². The fraction of sp³-hybridized carbons (Fsp3) is 0.950. The molecule has 1 N–H and O–H groups in total. The topological polar surface area (TPSA) is 72.8 Å². The molecule has 0 rings (SSSR count). The van der Waals surface area contributed by atoms with Gasteiger partial charge in [-0.1, -0.05) is 188 Å². The molecule has 0 heterocycles. The first kappa shape index (κ1) is 43.9. The van der Waals surface area contributed by atoms with Crippen molar-refractivity contribution >= 4 is 11.9 Å². The van der Waals surface area contributed by atoms with Gasteiger partial charge in [-0.15, -0.1) is 0 Å². The number of unbranched alkanes of at least 4 members (excludes halogenated alkanes) is 23. The zero-order valence-electron chi connectivity index (χ0n) is 30.7. The Balaban J connectivity index is 3.38. The molecule has 0 saturated carbocycles. The number of rotatable bonds is 35. The second kappa shape index (κ2) is 34.2. The van der Waals surface area contributed by atoms with Crippen LogP contribution < -0.4 is 0 Å². The fourth-order valence-electron chi connectivity index (χ4n) is 5.93. The van der Waals surface area contributed by atoms with Crippen LogP contribution in [0.2, 0.25) is 0 Å². The van der Waals surface area contributed by atoms with Gasteiger partial charge in [0.25, 0.3) is 0 Å². The second-order valence-corrected chi connectivity index (χ2v) is 14.7. The van der Waals surface area contributed by atoms with E-state index in [1.54, 1.807) is 0 Å². The summed E-state index contributed by atoms with van der Waals surface area (Å²) >= 11 is 0. The Bertz CT molecular complexity index is 632. The van der Waals surface area contributed by atoms with Gasteiger partial charge in [-0.25, -0.2) is 0 Å². The first-order valence-corrected chi connectivity index (χ1v) is 19.8. The molecule has 0 aliphatic carbocycles. The van der Waals surface area contributed by atoms with E-state index >= 15 is 0 Å². The number of aliphatic hydroxyl groups is 1. The molecule has 0 spiro atoms. The summed E-state index contributed by atoms with van der Waals surface area (Å²) in [6, 6.07) is 0. The minimum absolute atomic E-state index is 0.109. The lowest BCUT2D eigenvalue weighted by Crippen LogP contribution is -2.25. The molecule has 0 bridgehead atoms. The molecule has 45 heavy (non-hydrogen) atoms. The van der Waals surface area contributed by atoms with Gasteiger partial charge in [-0.3, -0.25) is 9.59 Å². The van der Waals surface area contributed by atoms with Gasteiger partial charge < -0.3 is 14.6 Å². The maximum absolute atomic E-state index is 12.0. The number of carbonyl (C=O) groups excluding carboxylic acids is 2. The van der Waals surface area contributed by atoms with Crippen molar-refractivity contribution in [3.8, 4) is 0 Å². The molecular weight excluding hydrogens is 560 g/mol. The maximum atomic E-state index is 12.0. The van der Waals surface area contributed by atoms with Gasteiger partial charge in [0.15, 0.2) is 0 Å². The molecule has 0 aromatic heterocycles. The number of carbonyl (C=O) groups is 2. The van der Waals surface area contributed by atoms with E-state index in [-0.39, 0.29) is 25.2 Å². The third kappa shape index (κ3) is 37.2. The smallest absolute Gasteiger partial charge is 0.305 e. The molecule has 5 heteroatoms. The summed E-state index contributed by atoms with van der Waals surface area (Å²) in [5, 5.41) is 10.0. The molecule has 0 aliphatic heterocycles. The molecule has 0 unspecified atom stereocenters. The highest BCUT2D eigenvalue weighted by atomic mass is 16.6. The lowest BCUT2D eigenvalue weighted by molar-refractivity contribution is -0.152. The van der Waals surface area contributed by atoms with E-state index in [1.807, 2.05) is 0 Å². The highest BCUT2D eigenvalue weighted by Crippen LogP contribution is 2.16. The third-order valence-electron chi connectivity index (χ3n) is 8.95. The summed E-state index contributed by atoms with van der Waals surface area (Å²) in [5.74, 6) is 1.13. The minimum Gasteiger partial charge on any atom is -0.463 e. The zero-order valence-corrected chi connectivity index (χ0v) is 30.7. The summed E-state index contributed by atoms with van der Waals surface area (Å²) in [6.07, 6.45) is 34.4. The van der Waals surface area contributed by atoms with Crippen LogP contribution in [0.1, 0.15) is 214 Å². The first-order valence-electron chi connectivity index (χ1n) is 19.8. The highest BCUT2D eigenvalue weighted by Gasteiger charge is 2.12. The highest BCUT2D eigenvalue weighted by molar-refractivity contribution is 5.69. The van der Waals surface area contributed by atoms with Crippen LogP contribution in [0.25, 0.3) is 0 Å². The van der Waals surface area contributed by atoms with E-state index in [2.05, 4.69) is 27.7 Å². The van der Waals surface area contributed by atoms with E-state index in [4.69, 9.17) is 9.47 Å². The van der Waals surface area contributed by atoms with E-state index in [9.17, 15) is 14.7 Å². The Morgan fingerprint density at radius 1 is 0.400 bits per heavy atom. The molecule has 5 nitrogen and oxygen atoms in total. The Hall–Kier alpha value is -1.10. The predicted octanol–water partition coefficient (Wildman–Crippen LogP) is 12.1. The van der Waals surface area contributed by atoms with Crippen LogP contribution in [0.15, 0.2) is 0 Å². The minimum atomic E-state index is -0.956. The van der Waals surface area contributed by atoms with Gasteiger partial charge >= 0.3 is 11.9 Å². The van der Waals surface area contributed by atoms with E-state index in [0.717, 1.165) is 43.9 Å². The van der Waals surface area contributed by atoms with Gasteiger partial charge in [0.2, 0.25) is 0 Å². The van der Waals surface area contributed by atoms with Crippen molar-refractivity contribution < 1.29 is 24.2 Å². The van der Waals surface area contributed by atoms with Gasteiger partial charge in [0.1, 0.15) is 19.3 Å². The van der Waals surface area contributed by atoms with Crippen molar-refractivity contribution in [1.29, 1.82) is 0 Å². The SMILES string of the molecule is CC(C)CCCCCCCCCCCCCCCCCC(=O)OC[C@H](O)COC(=O)CCCCCCCCCCCCC(C)C. The Morgan fingerprint density at radius 3 is 0.867 bits per heavy atom. The Labute approximate surface area is 280 Å². The summed E-state index contributed by atoms with van der Waals surface area (Å²) in [4.78, 5) is 23.9. The van der Waals surface area contributed by atoms with Crippen molar-refractivity contribution in [2.24, 2.45) is 11.8 Å². The van der Waals surface area contributed by atoms with Crippen molar-refractivity contribution in [1.82, 2.24) is 0 Å². The Morgan fingerprint density at radius 2 is 0.622 bits per heavy atom. The fourth-order valence-corrected chi connectivity index (χ4v) is 5.93. The van der Waals surface area contributed by atoms with E-state index in [1.165, 1.54) is 141 Å². The number of hydrogen-bond donors (Lipinski definition) is 1. The maximum Gasteiger partial charge on any atom is 0.305 e. The number of ether oxygens (including phenoxy) is 2. The number of esters is 2. The van der Waals surface area contributed by atoms with Gasteiger partial charge in [-0.05, 0) is 24.7 Å². The van der Waals surface area contributed by atoms with Crippen LogP contribution in [0.3, 0.4) is 0 Å². The van der Waals surface area contributed by atoms with Crippen molar-refractivity contribution in [3.05, 3.63) is 0 Å². The van der Waals surface area contributed by atoms with E-state index in [0.29, 0.717) is 12.8 Å². The van der Waals surface area contributed by atoms with Crippen molar-refractivity contribution in [3.63, 3.8) is 0 Å². The van der Waals surface area contributed by atoms with Gasteiger partial charge in [0.05, 0.1) is 0 Å². The summed E-state index contributed by atoms with van der Waals surface area (Å²) in [5.41, 5.74) is 0. The zero-order chi connectivity index (χ0) is 33.2. The first-order chi connectivity index (χ1) is 21.8. The van der Waals surface area contributed by atoms with Crippen LogP contribution in [-0.4, -0.2) is 36.4 Å². The summed E-state index contributed by atoms with van der Waals surface area (Å²) < 4.78 is 10.3. The van der Waals surface area contributed by atoms with Gasteiger partial charge in [-0.2, -0.15) is 0 Å². The number of aliphatic hydroxyl groups excluding tert-OH is 1. The average Bonchev–Trinajstić information content (AvgIpc) is 3.00. The van der Waals surface area contributed by atoms with Crippen molar-refractivity contribution in [2.45, 2.75) is 220 Å². The quantitative estimate of drug-likeness (QED) is 0.0552. The molecule has 0 fully saturated rings. The lowest BCUT2D eigenvalue weighted by Gasteiger charge is -2.12. The summed E-state index contributed by atoms with van der Waals surface area (Å²) in [6.45, 7) is 9.01. The van der Waals surface area contributed by atoms with E-state index < -0.39 is 6.10 Å². The van der Waals surface area contributed by atoms with Crippen LogP contribution in [0.4, 0.5) is 0 Å². The molecule has 268 valence electrons. The largest absolute Gasteiger partial charge is 0.463 e. The molecule has 0 aromatic rings. The molecule has 0 radical (unpaired) electrons. The number of hydrogen-bond acceptors (Lipinski definition) is 5. The molecule has 0 saturated heterocycles. The molecule has 1 atom stereocenters. The van der Waals surface area contributed by atoms with Crippen LogP contribution in [-0.2, 0) is 19.1 Å². The molecule has 0 aromatic carbocycles.